The molecule has 19 heavy (non-hydrogen) atoms. The molecule has 0 aromatic carbocycles. The highest BCUT2D eigenvalue weighted by molar-refractivity contribution is 5.94. The molecule has 0 spiro atoms. The van der Waals surface area contributed by atoms with E-state index >= 15 is 0 Å². The highest BCUT2D eigenvalue weighted by atomic mass is 16.5. The Labute approximate surface area is 114 Å². The Bertz CT molecular complexity index is 396. The summed E-state index contributed by atoms with van der Waals surface area (Å²) in [6.07, 6.45) is 3.39. The molecule has 2 fully saturated rings. The van der Waals surface area contributed by atoms with Crippen molar-refractivity contribution in [3.8, 4) is 0 Å². The molecule has 2 aliphatic heterocycles. The summed E-state index contributed by atoms with van der Waals surface area (Å²) in [5.74, 6) is 0.00229. The first-order valence-electron chi connectivity index (χ1n) is 7.05. The molecule has 2 rings (SSSR count). The maximum atomic E-state index is 12.7. The Morgan fingerprint density at radius 1 is 1.42 bits per heavy atom. The lowest BCUT2D eigenvalue weighted by atomic mass is 9.74. The van der Waals surface area contributed by atoms with Gasteiger partial charge in [-0.2, -0.15) is 0 Å². The summed E-state index contributed by atoms with van der Waals surface area (Å²) in [7, 11) is 1.39. The van der Waals surface area contributed by atoms with Crippen molar-refractivity contribution in [1.82, 2.24) is 4.90 Å². The first-order valence-corrected chi connectivity index (χ1v) is 7.05. The molecular weight excluding hydrogens is 244 g/mol. The van der Waals surface area contributed by atoms with Crippen LogP contribution in [0.2, 0.25) is 0 Å². The van der Waals surface area contributed by atoms with E-state index in [1.165, 1.54) is 7.11 Å². The fraction of sp³-hybridized carbons (Fsp3) is 0.857. The highest BCUT2D eigenvalue weighted by Gasteiger charge is 2.58. The second-order valence-corrected chi connectivity index (χ2v) is 6.34. The van der Waals surface area contributed by atoms with Crippen LogP contribution < -0.4 is 5.73 Å². The van der Waals surface area contributed by atoms with E-state index in [1.54, 1.807) is 4.90 Å². The normalized spacial score (nSPS) is 34.6. The molecular formula is C14H24N2O3. The van der Waals surface area contributed by atoms with Gasteiger partial charge < -0.3 is 15.4 Å². The summed E-state index contributed by atoms with van der Waals surface area (Å²) < 4.78 is 4.92. The van der Waals surface area contributed by atoms with Crippen molar-refractivity contribution in [3.05, 3.63) is 0 Å². The second-order valence-electron chi connectivity index (χ2n) is 6.34. The Morgan fingerprint density at radius 2 is 2.11 bits per heavy atom. The van der Waals surface area contributed by atoms with Crippen LogP contribution in [-0.2, 0) is 14.3 Å². The molecule has 0 unspecified atom stereocenters. The van der Waals surface area contributed by atoms with Crippen LogP contribution in [0.25, 0.3) is 0 Å². The molecule has 0 aromatic rings. The zero-order valence-corrected chi connectivity index (χ0v) is 12.1. The van der Waals surface area contributed by atoms with Gasteiger partial charge in [0.05, 0.1) is 12.6 Å². The third-order valence-electron chi connectivity index (χ3n) is 4.48. The molecule has 5 heteroatoms. The molecule has 2 atom stereocenters. The SMILES string of the molecule is COC(=O)[C@]12CCCN1C(=O)[C@@](N)(CC(C)C)CC2. The molecule has 0 saturated carbocycles. The molecule has 0 bridgehead atoms. The van der Waals surface area contributed by atoms with Gasteiger partial charge in [-0.05, 0) is 38.0 Å². The topological polar surface area (TPSA) is 72.6 Å². The fourth-order valence-electron chi connectivity index (χ4n) is 3.66. The number of hydrogen-bond donors (Lipinski definition) is 1. The number of carbonyl (C=O) groups is 2. The fourth-order valence-corrected chi connectivity index (χ4v) is 3.66. The largest absolute Gasteiger partial charge is 0.467 e. The molecule has 0 aliphatic carbocycles. The summed E-state index contributed by atoms with van der Waals surface area (Å²) in [6, 6.07) is 0. The second kappa shape index (κ2) is 4.78. The van der Waals surface area contributed by atoms with Crippen molar-refractivity contribution >= 4 is 11.9 Å². The van der Waals surface area contributed by atoms with Gasteiger partial charge in [0.2, 0.25) is 5.91 Å². The van der Waals surface area contributed by atoms with E-state index in [2.05, 4.69) is 13.8 Å². The zero-order chi connectivity index (χ0) is 14.3. The van der Waals surface area contributed by atoms with Crippen LogP contribution in [0.1, 0.15) is 46.0 Å². The number of ether oxygens (including phenoxy) is 1. The minimum atomic E-state index is -0.809. The summed E-state index contributed by atoms with van der Waals surface area (Å²) in [5, 5.41) is 0. The lowest BCUT2D eigenvalue weighted by Crippen LogP contribution is -2.67. The van der Waals surface area contributed by atoms with Crippen LogP contribution in [0.4, 0.5) is 0 Å². The highest BCUT2D eigenvalue weighted by Crippen LogP contribution is 2.43. The van der Waals surface area contributed by atoms with Crippen LogP contribution >= 0.6 is 0 Å². The van der Waals surface area contributed by atoms with E-state index < -0.39 is 11.1 Å². The van der Waals surface area contributed by atoms with Crippen molar-refractivity contribution in [2.45, 2.75) is 57.0 Å². The number of esters is 1. The Hall–Kier alpha value is -1.10. The minimum Gasteiger partial charge on any atom is -0.467 e. The first-order chi connectivity index (χ1) is 8.85. The Kier molecular flexibility index (Phi) is 3.60. The summed E-state index contributed by atoms with van der Waals surface area (Å²) in [6.45, 7) is 4.74. The van der Waals surface area contributed by atoms with Crippen LogP contribution in [0.5, 0.6) is 0 Å². The molecule has 2 N–H and O–H groups in total. The Balaban J connectivity index is 2.27. The van der Waals surface area contributed by atoms with Crippen LogP contribution in [-0.4, -0.2) is 41.5 Å². The summed E-state index contributed by atoms with van der Waals surface area (Å²) in [4.78, 5) is 26.5. The molecule has 0 radical (unpaired) electrons. The van der Waals surface area contributed by atoms with E-state index in [1.807, 2.05) is 0 Å². The summed E-state index contributed by atoms with van der Waals surface area (Å²) >= 11 is 0. The first kappa shape index (κ1) is 14.3. The third kappa shape index (κ3) is 2.14. The lowest BCUT2D eigenvalue weighted by Gasteiger charge is -2.47. The van der Waals surface area contributed by atoms with Gasteiger partial charge in [0.1, 0.15) is 5.54 Å². The van der Waals surface area contributed by atoms with Gasteiger partial charge in [0.25, 0.3) is 0 Å². The monoisotopic (exact) mass is 268 g/mol. The average molecular weight is 268 g/mol. The third-order valence-corrected chi connectivity index (χ3v) is 4.48. The smallest absolute Gasteiger partial charge is 0.331 e. The molecule has 0 aromatic heterocycles. The average Bonchev–Trinajstić information content (AvgIpc) is 2.78. The molecule has 2 heterocycles. The van der Waals surface area contributed by atoms with Crippen molar-refractivity contribution in [1.29, 1.82) is 0 Å². The number of rotatable bonds is 3. The minimum absolute atomic E-state index is 0.0737. The number of nitrogens with two attached hydrogens (primary N) is 1. The Morgan fingerprint density at radius 3 is 2.68 bits per heavy atom. The standard InChI is InChI=1S/C14H24N2O3/c1-10(2)9-13(15)6-7-14(12(18)19-3)5-4-8-16(14)11(13)17/h10H,4-9,15H2,1-3H3/t13-,14+/m0/s1. The molecule has 108 valence electrons. The van der Waals surface area contributed by atoms with Crippen molar-refractivity contribution in [3.63, 3.8) is 0 Å². The van der Waals surface area contributed by atoms with Gasteiger partial charge >= 0.3 is 5.97 Å². The molecule has 2 saturated heterocycles. The van der Waals surface area contributed by atoms with Crippen LogP contribution in [0.3, 0.4) is 0 Å². The number of methoxy groups -OCH3 is 1. The van der Waals surface area contributed by atoms with E-state index in [0.29, 0.717) is 38.1 Å². The quantitative estimate of drug-likeness (QED) is 0.777. The van der Waals surface area contributed by atoms with Crippen LogP contribution in [0, 0.1) is 5.92 Å². The van der Waals surface area contributed by atoms with Gasteiger partial charge in [0, 0.05) is 6.54 Å². The molecule has 1 amide bonds. The number of hydrogen-bond acceptors (Lipinski definition) is 4. The van der Waals surface area contributed by atoms with Gasteiger partial charge in [-0.1, -0.05) is 13.8 Å². The van der Waals surface area contributed by atoms with Gasteiger partial charge in [-0.25, -0.2) is 4.79 Å². The number of carbonyl (C=O) groups excluding carboxylic acids is 2. The molecule has 2 aliphatic rings. The number of fused-ring (bicyclic) bond motifs is 1. The van der Waals surface area contributed by atoms with E-state index in [4.69, 9.17) is 10.5 Å². The van der Waals surface area contributed by atoms with Gasteiger partial charge in [-0.3, -0.25) is 4.79 Å². The van der Waals surface area contributed by atoms with E-state index in [0.717, 1.165) is 6.42 Å². The predicted molar refractivity (Wildman–Crippen MR) is 71.3 cm³/mol. The van der Waals surface area contributed by atoms with Crippen LogP contribution in [0.15, 0.2) is 0 Å². The van der Waals surface area contributed by atoms with E-state index in [-0.39, 0.29) is 11.9 Å². The summed E-state index contributed by atoms with van der Waals surface area (Å²) in [5.41, 5.74) is 4.76. The van der Waals surface area contributed by atoms with Gasteiger partial charge in [0.15, 0.2) is 0 Å². The lowest BCUT2D eigenvalue weighted by molar-refractivity contribution is -0.167. The number of nitrogens with zero attached hydrogens (tertiary/aromatic N) is 1. The van der Waals surface area contributed by atoms with Gasteiger partial charge in [-0.15, -0.1) is 0 Å². The van der Waals surface area contributed by atoms with Crippen molar-refractivity contribution in [2.75, 3.05) is 13.7 Å². The van der Waals surface area contributed by atoms with Crippen molar-refractivity contribution < 1.29 is 14.3 Å². The van der Waals surface area contributed by atoms with Crippen molar-refractivity contribution in [2.24, 2.45) is 11.7 Å². The maximum absolute atomic E-state index is 12.7. The number of piperidine rings is 1. The molecule has 5 nitrogen and oxygen atoms in total. The maximum Gasteiger partial charge on any atom is 0.331 e. The predicted octanol–water partition coefficient (Wildman–Crippen LogP) is 1.06. The van der Waals surface area contributed by atoms with E-state index in [9.17, 15) is 9.59 Å². The number of amides is 1. The zero-order valence-electron chi connectivity index (χ0n) is 12.1.